The predicted octanol–water partition coefficient (Wildman–Crippen LogP) is 3.20. The molecule has 1 aliphatic rings. The number of nitrogens with one attached hydrogen (secondary N) is 1. The number of nitrogens with zero attached hydrogens (tertiary/aromatic N) is 2. The van der Waals surface area contributed by atoms with E-state index in [2.05, 4.69) is 35.2 Å². The number of benzene rings is 1. The van der Waals surface area contributed by atoms with Gasteiger partial charge in [0.05, 0.1) is 13.2 Å². The van der Waals surface area contributed by atoms with Gasteiger partial charge in [0.1, 0.15) is 11.4 Å². The Balaban J connectivity index is 1.90. The van der Waals surface area contributed by atoms with Crippen molar-refractivity contribution in [3.63, 3.8) is 0 Å². The van der Waals surface area contributed by atoms with Crippen LogP contribution in [-0.2, 0) is 0 Å². The normalized spacial score (nSPS) is 19.3. The molecule has 5 nitrogen and oxygen atoms in total. The molecule has 2 aromatic rings. The first-order valence-corrected chi connectivity index (χ1v) is 6.99. The Morgan fingerprint density at radius 3 is 2.90 bits per heavy atom. The second kappa shape index (κ2) is 5.24. The van der Waals surface area contributed by atoms with Crippen molar-refractivity contribution in [3.05, 3.63) is 42.1 Å². The number of fused-ring (bicyclic) bond motifs is 1. The molecule has 2 heterocycles. The van der Waals surface area contributed by atoms with Crippen LogP contribution in [0, 0.1) is 0 Å². The average Bonchev–Trinajstić information content (AvgIpc) is 2.46. The zero-order valence-electron chi connectivity index (χ0n) is 12.5. The SMILES string of the molecule is COc1ccnc(NC2CC(C)(C)Oc3ccccc32)n1. The molecule has 0 amide bonds. The Bertz CT molecular complexity index is 643. The van der Waals surface area contributed by atoms with E-state index in [1.54, 1.807) is 19.4 Å². The van der Waals surface area contributed by atoms with E-state index in [-0.39, 0.29) is 11.6 Å². The Morgan fingerprint density at radius 2 is 2.10 bits per heavy atom. The summed E-state index contributed by atoms with van der Waals surface area (Å²) in [4.78, 5) is 8.58. The van der Waals surface area contributed by atoms with Crippen LogP contribution in [-0.4, -0.2) is 22.7 Å². The largest absolute Gasteiger partial charge is 0.487 e. The van der Waals surface area contributed by atoms with Gasteiger partial charge < -0.3 is 14.8 Å². The lowest BCUT2D eigenvalue weighted by atomic mass is 9.90. The van der Waals surface area contributed by atoms with E-state index in [9.17, 15) is 0 Å². The van der Waals surface area contributed by atoms with Crippen molar-refractivity contribution in [2.45, 2.75) is 31.9 Å². The van der Waals surface area contributed by atoms with Gasteiger partial charge in [0.25, 0.3) is 0 Å². The number of anilines is 1. The van der Waals surface area contributed by atoms with E-state index in [4.69, 9.17) is 9.47 Å². The van der Waals surface area contributed by atoms with Crippen LogP contribution in [0.2, 0.25) is 0 Å². The van der Waals surface area contributed by atoms with Crippen LogP contribution in [0.1, 0.15) is 31.9 Å². The Labute approximate surface area is 124 Å². The molecule has 0 spiro atoms. The van der Waals surface area contributed by atoms with Crippen molar-refractivity contribution in [2.24, 2.45) is 0 Å². The molecule has 1 aliphatic heterocycles. The second-order valence-electron chi connectivity index (χ2n) is 5.72. The quantitative estimate of drug-likeness (QED) is 0.938. The van der Waals surface area contributed by atoms with Crippen LogP contribution in [0.15, 0.2) is 36.5 Å². The summed E-state index contributed by atoms with van der Waals surface area (Å²) in [7, 11) is 1.60. The third-order valence-electron chi connectivity index (χ3n) is 3.52. The molecule has 5 heteroatoms. The lowest BCUT2D eigenvalue weighted by molar-refractivity contribution is 0.0758. The van der Waals surface area contributed by atoms with Gasteiger partial charge in [0.15, 0.2) is 0 Å². The maximum absolute atomic E-state index is 6.03. The monoisotopic (exact) mass is 285 g/mol. The Kier molecular flexibility index (Phi) is 3.41. The van der Waals surface area contributed by atoms with Crippen LogP contribution < -0.4 is 14.8 Å². The van der Waals surface area contributed by atoms with Crippen molar-refractivity contribution in [3.8, 4) is 11.6 Å². The van der Waals surface area contributed by atoms with Crippen LogP contribution in [0.4, 0.5) is 5.95 Å². The zero-order chi connectivity index (χ0) is 14.9. The van der Waals surface area contributed by atoms with Crippen LogP contribution in [0.25, 0.3) is 0 Å². The third-order valence-corrected chi connectivity index (χ3v) is 3.52. The zero-order valence-corrected chi connectivity index (χ0v) is 12.5. The first-order chi connectivity index (χ1) is 10.1. The van der Waals surface area contributed by atoms with Crippen LogP contribution in [0.3, 0.4) is 0 Å². The molecule has 1 N–H and O–H groups in total. The van der Waals surface area contributed by atoms with Crippen molar-refractivity contribution < 1.29 is 9.47 Å². The van der Waals surface area contributed by atoms with Gasteiger partial charge >= 0.3 is 0 Å². The van der Waals surface area contributed by atoms with E-state index in [0.717, 1.165) is 17.7 Å². The summed E-state index contributed by atoms with van der Waals surface area (Å²) in [6.45, 7) is 4.17. The van der Waals surface area contributed by atoms with E-state index >= 15 is 0 Å². The lowest BCUT2D eigenvalue weighted by Crippen LogP contribution is -2.37. The standard InChI is InChI=1S/C16H19N3O2/c1-16(2)10-12(11-6-4-5-7-13(11)21-16)18-15-17-9-8-14(19-15)20-3/h4-9,12H,10H2,1-3H3,(H,17,18,19). The fourth-order valence-electron chi connectivity index (χ4n) is 2.61. The fourth-order valence-corrected chi connectivity index (χ4v) is 2.61. The van der Waals surface area contributed by atoms with Crippen molar-refractivity contribution in [1.82, 2.24) is 9.97 Å². The van der Waals surface area contributed by atoms with Gasteiger partial charge in [-0.3, -0.25) is 0 Å². The van der Waals surface area contributed by atoms with E-state index < -0.39 is 0 Å². The van der Waals surface area contributed by atoms with Crippen molar-refractivity contribution in [1.29, 1.82) is 0 Å². The Morgan fingerprint density at radius 1 is 1.29 bits per heavy atom. The predicted molar refractivity (Wildman–Crippen MR) is 80.7 cm³/mol. The molecule has 0 fully saturated rings. The molecule has 0 radical (unpaired) electrons. The highest BCUT2D eigenvalue weighted by Crippen LogP contribution is 2.40. The van der Waals surface area contributed by atoms with Gasteiger partial charge in [-0.15, -0.1) is 0 Å². The fraction of sp³-hybridized carbons (Fsp3) is 0.375. The Hall–Kier alpha value is -2.30. The molecule has 1 atom stereocenters. The van der Waals surface area contributed by atoms with E-state index in [0.29, 0.717) is 11.8 Å². The summed E-state index contributed by atoms with van der Waals surface area (Å²) in [5, 5.41) is 3.39. The molecule has 3 rings (SSSR count). The summed E-state index contributed by atoms with van der Waals surface area (Å²) in [5.74, 6) is 2.02. The van der Waals surface area contributed by atoms with Crippen LogP contribution in [0.5, 0.6) is 11.6 Å². The minimum Gasteiger partial charge on any atom is -0.487 e. The molecule has 0 saturated carbocycles. The van der Waals surface area contributed by atoms with Crippen molar-refractivity contribution >= 4 is 5.95 Å². The highest BCUT2D eigenvalue weighted by atomic mass is 16.5. The van der Waals surface area contributed by atoms with Gasteiger partial charge in [-0.05, 0) is 19.9 Å². The number of hydrogen-bond acceptors (Lipinski definition) is 5. The molecule has 1 aromatic carbocycles. The minimum atomic E-state index is -0.231. The topological polar surface area (TPSA) is 56.3 Å². The summed E-state index contributed by atoms with van der Waals surface area (Å²) in [6, 6.07) is 9.91. The molecular formula is C16H19N3O2. The number of methoxy groups -OCH3 is 1. The number of hydrogen-bond donors (Lipinski definition) is 1. The minimum absolute atomic E-state index is 0.108. The smallest absolute Gasteiger partial charge is 0.226 e. The molecule has 0 bridgehead atoms. The molecular weight excluding hydrogens is 266 g/mol. The molecule has 110 valence electrons. The lowest BCUT2D eigenvalue weighted by Gasteiger charge is -2.37. The number of rotatable bonds is 3. The number of aromatic nitrogens is 2. The van der Waals surface area contributed by atoms with Gasteiger partial charge in [0.2, 0.25) is 11.8 Å². The molecule has 21 heavy (non-hydrogen) atoms. The van der Waals surface area contributed by atoms with Gasteiger partial charge in [-0.25, -0.2) is 4.98 Å². The summed E-state index contributed by atoms with van der Waals surface area (Å²) >= 11 is 0. The highest BCUT2D eigenvalue weighted by molar-refractivity contribution is 5.43. The maximum Gasteiger partial charge on any atom is 0.226 e. The average molecular weight is 285 g/mol. The van der Waals surface area contributed by atoms with Crippen molar-refractivity contribution in [2.75, 3.05) is 12.4 Å². The van der Waals surface area contributed by atoms with E-state index in [1.807, 2.05) is 18.2 Å². The molecule has 0 aliphatic carbocycles. The second-order valence-corrected chi connectivity index (χ2v) is 5.72. The van der Waals surface area contributed by atoms with E-state index in [1.165, 1.54) is 0 Å². The maximum atomic E-state index is 6.03. The van der Waals surface area contributed by atoms with Gasteiger partial charge in [0, 0.05) is 24.2 Å². The number of para-hydroxylation sites is 1. The van der Waals surface area contributed by atoms with Gasteiger partial charge in [-0.2, -0.15) is 4.98 Å². The molecule has 1 unspecified atom stereocenters. The first-order valence-electron chi connectivity index (χ1n) is 6.99. The molecule has 1 aromatic heterocycles. The number of ether oxygens (including phenoxy) is 2. The van der Waals surface area contributed by atoms with Gasteiger partial charge in [-0.1, -0.05) is 18.2 Å². The third kappa shape index (κ3) is 2.91. The van der Waals surface area contributed by atoms with Crippen LogP contribution >= 0.6 is 0 Å². The summed E-state index contributed by atoms with van der Waals surface area (Å²) in [6.07, 6.45) is 2.52. The summed E-state index contributed by atoms with van der Waals surface area (Å²) in [5.41, 5.74) is 0.897. The molecule has 0 saturated heterocycles. The highest BCUT2D eigenvalue weighted by Gasteiger charge is 2.33. The summed E-state index contributed by atoms with van der Waals surface area (Å²) < 4.78 is 11.2. The first kappa shape index (κ1) is 13.7.